The topological polar surface area (TPSA) is 50.4 Å². The van der Waals surface area contributed by atoms with Crippen molar-refractivity contribution in [3.8, 4) is 0 Å². The minimum atomic E-state index is -0.246. The summed E-state index contributed by atoms with van der Waals surface area (Å²) in [6.45, 7) is 2.52. The second-order valence-electron chi connectivity index (χ2n) is 6.15. The molecule has 1 aliphatic heterocycles. The fourth-order valence-electron chi connectivity index (χ4n) is 2.37. The predicted octanol–water partition coefficient (Wildman–Crippen LogP) is 5.87. The lowest BCUT2D eigenvalue weighted by molar-refractivity contribution is 0.137. The molecule has 4 nitrogen and oxygen atoms in total. The number of hydrogen-bond donors (Lipinski definition) is 2. The zero-order valence-corrected chi connectivity index (χ0v) is 18.9. The Balaban J connectivity index is 0.000000258. The molecule has 1 atom stereocenters. The van der Waals surface area contributed by atoms with Gasteiger partial charge in [-0.25, -0.2) is 4.79 Å². The number of piperidine rings is 1. The highest BCUT2D eigenvalue weighted by atomic mass is 79.9. The first-order valence-electron chi connectivity index (χ1n) is 8.75. The average Bonchev–Trinajstić information content (AvgIpc) is 3.41. The van der Waals surface area contributed by atoms with Crippen LogP contribution in [-0.2, 0) is 4.74 Å². The van der Waals surface area contributed by atoms with E-state index in [0.717, 1.165) is 47.8 Å². The molecule has 1 saturated heterocycles. The van der Waals surface area contributed by atoms with Gasteiger partial charge in [-0.3, -0.25) is 0 Å². The number of amides is 1. The maximum absolute atomic E-state index is 11.4. The van der Waals surface area contributed by atoms with Crippen LogP contribution in [0.2, 0.25) is 5.02 Å². The highest BCUT2D eigenvalue weighted by Gasteiger charge is 2.21. The summed E-state index contributed by atoms with van der Waals surface area (Å²) in [5, 5.41) is 6.91. The van der Waals surface area contributed by atoms with Crippen molar-refractivity contribution in [3.63, 3.8) is 0 Å². The van der Waals surface area contributed by atoms with E-state index in [-0.39, 0.29) is 12.1 Å². The van der Waals surface area contributed by atoms with Crippen LogP contribution < -0.4 is 10.6 Å². The minimum Gasteiger partial charge on any atom is -0.450 e. The average molecular weight is 486 g/mol. The first kappa shape index (κ1) is 23.9. The number of alkyl carbamates (subject to hydrolysis) is 1. The van der Waals surface area contributed by atoms with Crippen LogP contribution in [0.15, 0.2) is 28.7 Å². The van der Waals surface area contributed by atoms with Gasteiger partial charge in [0.15, 0.2) is 0 Å². The number of halogens is 3. The van der Waals surface area contributed by atoms with E-state index in [1.165, 1.54) is 23.8 Å². The highest BCUT2D eigenvalue weighted by Crippen LogP contribution is 2.32. The van der Waals surface area contributed by atoms with Crippen molar-refractivity contribution in [1.82, 2.24) is 10.6 Å². The summed E-state index contributed by atoms with van der Waals surface area (Å²) < 4.78 is 6.14. The Bertz CT molecular complexity index is 498. The van der Waals surface area contributed by atoms with Crippen molar-refractivity contribution in [1.29, 1.82) is 0 Å². The van der Waals surface area contributed by atoms with E-state index >= 15 is 0 Å². The van der Waals surface area contributed by atoms with Crippen molar-refractivity contribution in [3.05, 3.63) is 33.8 Å². The smallest absolute Gasteiger partial charge is 0.407 e. The molecular weight excluding hydrogens is 459 g/mol. The molecule has 1 aliphatic carbocycles. The van der Waals surface area contributed by atoms with Gasteiger partial charge >= 0.3 is 6.09 Å². The largest absolute Gasteiger partial charge is 0.450 e. The first-order valence-corrected chi connectivity index (χ1v) is 12.0. The fraction of sp³-hybridized carbons (Fsp3) is 0.611. The van der Waals surface area contributed by atoms with Crippen molar-refractivity contribution in [2.24, 2.45) is 5.92 Å². The summed E-state index contributed by atoms with van der Waals surface area (Å²) in [4.78, 5) is 11.4. The highest BCUT2D eigenvalue weighted by molar-refractivity contribution is 9.10. The van der Waals surface area contributed by atoms with E-state index in [2.05, 4.69) is 26.6 Å². The molecule has 2 N–H and O–H groups in total. The van der Waals surface area contributed by atoms with Crippen molar-refractivity contribution >= 4 is 55.3 Å². The van der Waals surface area contributed by atoms with Gasteiger partial charge in [-0.05, 0) is 66.9 Å². The van der Waals surface area contributed by atoms with Crippen LogP contribution in [0.4, 0.5) is 4.79 Å². The maximum atomic E-state index is 11.4. The molecule has 148 valence electrons. The molecule has 1 unspecified atom stereocenters. The Labute approximate surface area is 178 Å². The molecule has 1 aromatic rings. The predicted molar refractivity (Wildman–Crippen MR) is 116 cm³/mol. The van der Waals surface area contributed by atoms with E-state index in [1.54, 1.807) is 0 Å². The third-order valence-corrected chi connectivity index (χ3v) is 4.59. The van der Waals surface area contributed by atoms with Gasteiger partial charge in [0.2, 0.25) is 0 Å². The number of rotatable bonds is 4. The number of nitrogens with one attached hydrogen (secondary N) is 2. The molecule has 0 bridgehead atoms. The van der Waals surface area contributed by atoms with E-state index in [9.17, 15) is 4.79 Å². The molecule has 0 radical (unpaired) electrons. The zero-order valence-electron chi connectivity index (χ0n) is 15.0. The second-order valence-corrected chi connectivity index (χ2v) is 8.74. The van der Waals surface area contributed by atoms with Crippen LogP contribution in [0, 0.1) is 5.92 Å². The van der Waals surface area contributed by atoms with E-state index in [4.69, 9.17) is 27.0 Å². The molecule has 8 heteroatoms. The fourth-order valence-corrected chi connectivity index (χ4v) is 3.09. The SMILES string of the molecule is CSCl.Clc1cccc(Br)c1.O=C(NC1CCCNC1)OCCC1CC1. The molecule has 1 saturated carbocycles. The number of benzene rings is 1. The monoisotopic (exact) mass is 484 g/mol. The number of hydrogen-bond acceptors (Lipinski definition) is 4. The molecule has 3 rings (SSSR count). The molecular formula is C18H27BrCl2N2O2S. The zero-order chi connectivity index (χ0) is 19.2. The molecule has 1 heterocycles. The van der Waals surface area contributed by atoms with Crippen LogP contribution >= 0.6 is 49.2 Å². The second kappa shape index (κ2) is 14.9. The first-order chi connectivity index (χ1) is 12.5. The van der Waals surface area contributed by atoms with Gasteiger partial charge < -0.3 is 15.4 Å². The third-order valence-electron chi connectivity index (χ3n) is 3.86. The van der Waals surface area contributed by atoms with Crippen LogP contribution in [0.25, 0.3) is 0 Å². The number of carbonyl (C=O) groups excluding carboxylic acids is 1. The van der Waals surface area contributed by atoms with Crippen LogP contribution in [0.1, 0.15) is 32.1 Å². The summed E-state index contributed by atoms with van der Waals surface area (Å²) in [5.74, 6) is 0.828. The van der Waals surface area contributed by atoms with Gasteiger partial charge in [0.25, 0.3) is 0 Å². The maximum Gasteiger partial charge on any atom is 0.407 e. The third kappa shape index (κ3) is 13.1. The van der Waals surface area contributed by atoms with E-state index < -0.39 is 0 Å². The Morgan fingerprint density at radius 2 is 2.15 bits per heavy atom. The number of ether oxygens (including phenoxy) is 1. The summed E-state index contributed by atoms with van der Waals surface area (Å²) in [6, 6.07) is 7.78. The van der Waals surface area contributed by atoms with Gasteiger partial charge in [0.05, 0.1) is 6.61 Å². The van der Waals surface area contributed by atoms with Gasteiger partial charge in [-0.2, -0.15) is 0 Å². The van der Waals surface area contributed by atoms with Gasteiger partial charge in [-0.1, -0.05) is 57.4 Å². The molecule has 26 heavy (non-hydrogen) atoms. The minimum absolute atomic E-state index is 0.246. The molecule has 0 aromatic heterocycles. The van der Waals surface area contributed by atoms with E-state index in [1.807, 2.05) is 30.5 Å². The van der Waals surface area contributed by atoms with Crippen LogP contribution in [0.5, 0.6) is 0 Å². The Hall–Kier alpha value is -0.140. The molecule has 2 aliphatic rings. The van der Waals surface area contributed by atoms with Crippen molar-refractivity contribution in [2.75, 3.05) is 26.0 Å². The van der Waals surface area contributed by atoms with Crippen molar-refractivity contribution < 1.29 is 9.53 Å². The lowest BCUT2D eigenvalue weighted by atomic mass is 10.1. The Morgan fingerprint density at radius 1 is 1.42 bits per heavy atom. The summed E-state index contributed by atoms with van der Waals surface area (Å²) in [5.41, 5.74) is 0. The van der Waals surface area contributed by atoms with Crippen molar-refractivity contribution in [2.45, 2.75) is 38.1 Å². The van der Waals surface area contributed by atoms with Crippen LogP contribution in [-0.4, -0.2) is 38.1 Å². The lowest BCUT2D eigenvalue weighted by Crippen LogP contribution is -2.45. The Morgan fingerprint density at radius 3 is 2.65 bits per heavy atom. The van der Waals surface area contributed by atoms with E-state index in [0.29, 0.717) is 6.61 Å². The molecule has 1 amide bonds. The normalized spacial score (nSPS) is 18.5. The molecule has 1 aromatic carbocycles. The summed E-state index contributed by atoms with van der Waals surface area (Å²) in [6.07, 6.45) is 7.43. The Kier molecular flexibility index (Phi) is 13.7. The molecule has 2 fully saturated rings. The lowest BCUT2D eigenvalue weighted by Gasteiger charge is -2.23. The quantitative estimate of drug-likeness (QED) is 0.559. The van der Waals surface area contributed by atoms with Gasteiger partial charge in [0.1, 0.15) is 0 Å². The van der Waals surface area contributed by atoms with Gasteiger partial charge in [0, 0.05) is 22.1 Å². The van der Waals surface area contributed by atoms with Crippen LogP contribution in [0.3, 0.4) is 0 Å². The molecule has 0 spiro atoms. The number of carbonyl (C=O) groups is 1. The summed E-state index contributed by atoms with van der Waals surface area (Å²) >= 11 is 8.89. The summed E-state index contributed by atoms with van der Waals surface area (Å²) in [7, 11) is 6.14. The van der Waals surface area contributed by atoms with Gasteiger partial charge in [-0.15, -0.1) is 0 Å². The standard InChI is InChI=1S/C11H20N2O2.C6H4BrCl.CH3ClS/c14-11(15-7-5-9-3-4-9)13-10-2-1-6-12-8-10;7-5-2-1-3-6(8)4-5;1-3-2/h9-10,12H,1-8H2,(H,13,14);1-4H;1H3.